The van der Waals surface area contributed by atoms with Crippen LogP contribution in [0.2, 0.25) is 0 Å². The predicted octanol–water partition coefficient (Wildman–Crippen LogP) is 5.76. The summed E-state index contributed by atoms with van der Waals surface area (Å²) in [5.74, 6) is -3.27. The Kier molecular flexibility index (Phi) is 7.47. The molecule has 1 amide bonds. The Balaban J connectivity index is 1.50. The lowest BCUT2D eigenvalue weighted by Gasteiger charge is -2.25. The molecule has 0 radical (unpaired) electrons. The van der Waals surface area contributed by atoms with E-state index >= 15 is 0 Å². The molecule has 1 N–H and O–H groups in total. The van der Waals surface area contributed by atoms with Crippen molar-refractivity contribution in [2.45, 2.75) is 44.8 Å². The molecule has 4 rings (SSSR count). The summed E-state index contributed by atoms with van der Waals surface area (Å²) < 4.78 is 44.2. The fourth-order valence-electron chi connectivity index (χ4n) is 4.51. The molecule has 1 aliphatic carbocycles. The van der Waals surface area contributed by atoms with Crippen LogP contribution in [0.25, 0.3) is 11.1 Å². The van der Waals surface area contributed by atoms with Gasteiger partial charge in [-0.2, -0.15) is 0 Å². The van der Waals surface area contributed by atoms with Crippen LogP contribution in [0.15, 0.2) is 60.7 Å². The molecule has 8 heteroatoms. The number of rotatable bonds is 7. The number of hydrogen-bond donors (Lipinski definition) is 1. The molecule has 0 spiro atoms. The lowest BCUT2D eigenvalue weighted by atomic mass is 9.98. The molecule has 3 aromatic carbocycles. The van der Waals surface area contributed by atoms with Gasteiger partial charge in [-0.1, -0.05) is 48.5 Å². The SMILES string of the molecule is COc1c(F)cc(CC(NC(=O)OCC2c3ccccc3-c3ccccc32)C(=O)OC(C)(C)C)cc1F. The number of fused-ring (bicyclic) bond motifs is 3. The summed E-state index contributed by atoms with van der Waals surface area (Å²) >= 11 is 0. The molecular formula is C29H29F2NO5. The smallest absolute Gasteiger partial charge is 0.407 e. The van der Waals surface area contributed by atoms with E-state index in [1.54, 1.807) is 20.8 Å². The van der Waals surface area contributed by atoms with Gasteiger partial charge in [-0.05, 0) is 60.7 Å². The second-order valence-electron chi connectivity index (χ2n) is 9.85. The highest BCUT2D eigenvalue weighted by Gasteiger charge is 2.31. The van der Waals surface area contributed by atoms with Crippen LogP contribution >= 0.6 is 0 Å². The number of carbonyl (C=O) groups excluding carboxylic acids is 2. The van der Waals surface area contributed by atoms with Crippen LogP contribution in [0, 0.1) is 11.6 Å². The molecule has 0 aromatic heterocycles. The van der Waals surface area contributed by atoms with Crippen molar-refractivity contribution in [3.63, 3.8) is 0 Å². The minimum Gasteiger partial charge on any atom is -0.491 e. The predicted molar refractivity (Wildman–Crippen MR) is 134 cm³/mol. The topological polar surface area (TPSA) is 73.9 Å². The molecule has 0 aliphatic heterocycles. The second-order valence-corrected chi connectivity index (χ2v) is 9.85. The number of nitrogens with one attached hydrogen (secondary N) is 1. The van der Waals surface area contributed by atoms with Gasteiger partial charge in [-0.3, -0.25) is 0 Å². The van der Waals surface area contributed by atoms with Crippen LogP contribution in [-0.2, 0) is 20.7 Å². The lowest BCUT2D eigenvalue weighted by molar-refractivity contribution is -0.157. The van der Waals surface area contributed by atoms with Gasteiger partial charge < -0.3 is 19.5 Å². The standard InChI is InChI=1S/C29H29F2NO5/c1-29(2,3)37-27(33)25(15-17-13-23(30)26(35-4)24(31)14-17)32-28(34)36-16-22-20-11-7-5-9-18(20)19-10-6-8-12-21(19)22/h5-14,22,25H,15-16H2,1-4H3,(H,32,34). The van der Waals surface area contributed by atoms with E-state index in [4.69, 9.17) is 14.2 Å². The second kappa shape index (κ2) is 10.6. The molecule has 1 atom stereocenters. The number of halogens is 2. The molecule has 0 saturated heterocycles. The van der Waals surface area contributed by atoms with Crippen LogP contribution in [-0.4, -0.2) is 37.4 Å². The van der Waals surface area contributed by atoms with Gasteiger partial charge in [0, 0.05) is 12.3 Å². The van der Waals surface area contributed by atoms with Crippen molar-refractivity contribution in [2.75, 3.05) is 13.7 Å². The van der Waals surface area contributed by atoms with Crippen LogP contribution < -0.4 is 10.1 Å². The molecule has 1 unspecified atom stereocenters. The van der Waals surface area contributed by atoms with E-state index in [1.807, 2.05) is 48.5 Å². The zero-order valence-electron chi connectivity index (χ0n) is 21.1. The summed E-state index contributed by atoms with van der Waals surface area (Å²) in [6.07, 6.45) is -1.05. The molecule has 0 saturated carbocycles. The molecule has 0 fully saturated rings. The van der Waals surface area contributed by atoms with Gasteiger partial charge in [-0.15, -0.1) is 0 Å². The number of hydrogen-bond acceptors (Lipinski definition) is 5. The maximum atomic E-state index is 14.2. The van der Waals surface area contributed by atoms with Crippen molar-refractivity contribution in [1.82, 2.24) is 5.32 Å². The summed E-state index contributed by atoms with van der Waals surface area (Å²) in [6.45, 7) is 5.10. The zero-order chi connectivity index (χ0) is 26.7. The Morgan fingerprint density at radius 1 is 0.946 bits per heavy atom. The minimum atomic E-state index is -1.23. The maximum Gasteiger partial charge on any atom is 0.407 e. The summed E-state index contributed by atoms with van der Waals surface area (Å²) in [5.41, 5.74) is 3.57. The zero-order valence-corrected chi connectivity index (χ0v) is 21.1. The van der Waals surface area contributed by atoms with E-state index < -0.39 is 41.1 Å². The first-order valence-electron chi connectivity index (χ1n) is 11.9. The van der Waals surface area contributed by atoms with Gasteiger partial charge in [0.25, 0.3) is 0 Å². The van der Waals surface area contributed by atoms with Crippen molar-refractivity contribution < 1.29 is 32.6 Å². The normalized spacial score (nSPS) is 13.4. The molecule has 1 aliphatic rings. The summed E-state index contributed by atoms with van der Waals surface area (Å²) in [6, 6.07) is 16.7. The van der Waals surface area contributed by atoms with E-state index in [2.05, 4.69) is 5.32 Å². The molecule has 37 heavy (non-hydrogen) atoms. The fourth-order valence-corrected chi connectivity index (χ4v) is 4.51. The quantitative estimate of drug-likeness (QED) is 0.410. The third kappa shape index (κ3) is 5.90. The van der Waals surface area contributed by atoms with E-state index in [-0.39, 0.29) is 24.5 Å². The van der Waals surface area contributed by atoms with E-state index in [9.17, 15) is 18.4 Å². The first kappa shape index (κ1) is 26.1. The van der Waals surface area contributed by atoms with E-state index in [1.165, 1.54) is 0 Å². The maximum absolute atomic E-state index is 14.2. The van der Waals surface area contributed by atoms with Gasteiger partial charge in [0.15, 0.2) is 17.4 Å². The number of methoxy groups -OCH3 is 1. The highest BCUT2D eigenvalue weighted by Crippen LogP contribution is 2.44. The summed E-state index contributed by atoms with van der Waals surface area (Å²) in [4.78, 5) is 25.7. The van der Waals surface area contributed by atoms with E-state index in [0.29, 0.717) is 0 Å². The van der Waals surface area contributed by atoms with Crippen LogP contribution in [0.4, 0.5) is 13.6 Å². The summed E-state index contributed by atoms with van der Waals surface area (Å²) in [7, 11) is 1.16. The third-order valence-corrected chi connectivity index (χ3v) is 6.03. The molecular weight excluding hydrogens is 480 g/mol. The Morgan fingerprint density at radius 2 is 1.49 bits per heavy atom. The van der Waals surface area contributed by atoms with Gasteiger partial charge >= 0.3 is 12.1 Å². The van der Waals surface area contributed by atoms with Crippen molar-refractivity contribution in [3.8, 4) is 16.9 Å². The first-order chi connectivity index (χ1) is 17.6. The largest absolute Gasteiger partial charge is 0.491 e. The number of ether oxygens (including phenoxy) is 3. The average Bonchev–Trinajstić information content (AvgIpc) is 3.15. The molecule has 3 aromatic rings. The third-order valence-electron chi connectivity index (χ3n) is 6.03. The van der Waals surface area contributed by atoms with Crippen molar-refractivity contribution in [3.05, 3.63) is 89.0 Å². The molecule has 0 heterocycles. The number of benzene rings is 3. The Bertz CT molecular complexity index is 1250. The van der Waals surface area contributed by atoms with Gasteiger partial charge in [0.1, 0.15) is 18.2 Å². The van der Waals surface area contributed by atoms with Crippen molar-refractivity contribution >= 4 is 12.1 Å². The van der Waals surface area contributed by atoms with Crippen molar-refractivity contribution in [1.29, 1.82) is 0 Å². The molecule has 6 nitrogen and oxygen atoms in total. The monoisotopic (exact) mass is 509 g/mol. The number of alkyl carbamates (subject to hydrolysis) is 1. The Labute approximate surface area is 214 Å². The van der Waals surface area contributed by atoms with Gasteiger partial charge in [0.05, 0.1) is 7.11 Å². The fraction of sp³-hybridized carbons (Fsp3) is 0.310. The highest BCUT2D eigenvalue weighted by atomic mass is 19.1. The molecule has 0 bridgehead atoms. The highest BCUT2D eigenvalue weighted by molar-refractivity contribution is 5.82. The summed E-state index contributed by atoms with van der Waals surface area (Å²) in [5, 5.41) is 2.52. The Morgan fingerprint density at radius 3 is 2.00 bits per heavy atom. The van der Waals surface area contributed by atoms with E-state index in [0.717, 1.165) is 41.5 Å². The minimum absolute atomic E-state index is 0.0483. The average molecular weight is 510 g/mol. The molecule has 194 valence electrons. The van der Waals surface area contributed by atoms with Crippen LogP contribution in [0.1, 0.15) is 43.4 Å². The van der Waals surface area contributed by atoms with Gasteiger partial charge in [-0.25, -0.2) is 18.4 Å². The number of amides is 1. The van der Waals surface area contributed by atoms with Crippen LogP contribution in [0.5, 0.6) is 5.75 Å². The van der Waals surface area contributed by atoms with Crippen molar-refractivity contribution in [2.24, 2.45) is 0 Å². The number of carbonyl (C=O) groups is 2. The van der Waals surface area contributed by atoms with Crippen LogP contribution in [0.3, 0.4) is 0 Å². The first-order valence-corrected chi connectivity index (χ1v) is 11.9. The van der Waals surface area contributed by atoms with Gasteiger partial charge in [0.2, 0.25) is 0 Å². The Hall–Kier alpha value is -3.94. The lowest BCUT2D eigenvalue weighted by Crippen LogP contribution is -2.46. The number of esters is 1.